The van der Waals surface area contributed by atoms with E-state index in [0.29, 0.717) is 34.0 Å². The average molecular weight is 415 g/mol. The van der Waals surface area contributed by atoms with Crippen molar-refractivity contribution in [2.75, 3.05) is 16.5 Å². The summed E-state index contributed by atoms with van der Waals surface area (Å²) < 4.78 is 53.4. The van der Waals surface area contributed by atoms with Crippen molar-refractivity contribution < 1.29 is 17.6 Å². The van der Waals surface area contributed by atoms with Gasteiger partial charge in [0.25, 0.3) is 0 Å². The number of nitrogens with one attached hydrogen (secondary N) is 1. The van der Waals surface area contributed by atoms with Gasteiger partial charge >= 0.3 is 6.18 Å². The SMILES string of the molecule is C=C1c2ccc(C(F)(F)F)cc2N(c2ccc(F)cc2)CN1c1ccc(=O)[nH]c1C. The summed E-state index contributed by atoms with van der Waals surface area (Å²) in [6, 6.07) is 12.0. The number of halogens is 4. The molecule has 2 aromatic carbocycles. The van der Waals surface area contributed by atoms with Crippen molar-refractivity contribution in [3.63, 3.8) is 0 Å². The molecule has 4 nitrogen and oxygen atoms in total. The highest BCUT2D eigenvalue weighted by Gasteiger charge is 2.34. The molecule has 0 saturated heterocycles. The Morgan fingerprint density at radius 1 is 0.967 bits per heavy atom. The molecule has 0 fully saturated rings. The van der Waals surface area contributed by atoms with Crippen LogP contribution >= 0.6 is 0 Å². The molecule has 0 bridgehead atoms. The van der Waals surface area contributed by atoms with Crippen molar-refractivity contribution in [2.45, 2.75) is 13.1 Å². The van der Waals surface area contributed by atoms with E-state index in [1.54, 1.807) is 22.8 Å². The third-order valence-electron chi connectivity index (χ3n) is 5.05. The minimum Gasteiger partial charge on any atom is -0.324 e. The summed E-state index contributed by atoms with van der Waals surface area (Å²) in [5.74, 6) is -0.447. The zero-order valence-electron chi connectivity index (χ0n) is 15.9. The number of alkyl halides is 3. The molecule has 0 radical (unpaired) electrons. The smallest absolute Gasteiger partial charge is 0.324 e. The first-order chi connectivity index (χ1) is 14.1. The summed E-state index contributed by atoms with van der Waals surface area (Å²) in [4.78, 5) is 17.8. The van der Waals surface area contributed by atoms with E-state index >= 15 is 0 Å². The van der Waals surface area contributed by atoms with Gasteiger partial charge in [0.05, 0.1) is 16.9 Å². The number of pyridine rings is 1. The van der Waals surface area contributed by atoms with E-state index in [4.69, 9.17) is 0 Å². The predicted octanol–water partition coefficient (Wildman–Crippen LogP) is 5.43. The molecule has 1 N–H and O–H groups in total. The van der Waals surface area contributed by atoms with Crippen LogP contribution in [0.5, 0.6) is 0 Å². The monoisotopic (exact) mass is 415 g/mol. The second-order valence-corrected chi connectivity index (χ2v) is 6.98. The maximum Gasteiger partial charge on any atom is 0.416 e. The van der Waals surface area contributed by atoms with Crippen molar-refractivity contribution in [2.24, 2.45) is 0 Å². The van der Waals surface area contributed by atoms with Gasteiger partial charge in [-0.15, -0.1) is 0 Å². The Morgan fingerprint density at radius 2 is 1.67 bits per heavy atom. The largest absolute Gasteiger partial charge is 0.416 e. The summed E-state index contributed by atoms with van der Waals surface area (Å²) in [6.07, 6.45) is -4.50. The van der Waals surface area contributed by atoms with Gasteiger partial charge in [0, 0.05) is 28.7 Å². The lowest BCUT2D eigenvalue weighted by Gasteiger charge is -2.41. The second kappa shape index (κ2) is 7.05. The number of hydrogen-bond donors (Lipinski definition) is 1. The quantitative estimate of drug-likeness (QED) is 0.568. The van der Waals surface area contributed by atoms with E-state index in [-0.39, 0.29) is 12.2 Å². The molecule has 30 heavy (non-hydrogen) atoms. The van der Waals surface area contributed by atoms with Gasteiger partial charge < -0.3 is 14.8 Å². The highest BCUT2D eigenvalue weighted by Crippen LogP contribution is 2.43. The number of hydrogen-bond acceptors (Lipinski definition) is 3. The number of anilines is 3. The van der Waals surface area contributed by atoms with E-state index in [1.807, 2.05) is 0 Å². The zero-order valence-corrected chi connectivity index (χ0v) is 15.9. The molecule has 0 atom stereocenters. The molecule has 0 saturated carbocycles. The van der Waals surface area contributed by atoms with Gasteiger partial charge in [-0.2, -0.15) is 13.2 Å². The maximum atomic E-state index is 13.4. The van der Waals surface area contributed by atoms with Crippen molar-refractivity contribution in [3.8, 4) is 0 Å². The van der Waals surface area contributed by atoms with Gasteiger partial charge in [0.1, 0.15) is 12.5 Å². The first kappa shape index (κ1) is 19.8. The number of aromatic nitrogens is 1. The van der Waals surface area contributed by atoms with E-state index in [1.165, 1.54) is 36.4 Å². The van der Waals surface area contributed by atoms with E-state index in [2.05, 4.69) is 11.6 Å². The van der Waals surface area contributed by atoms with E-state index in [0.717, 1.165) is 12.1 Å². The fourth-order valence-corrected chi connectivity index (χ4v) is 3.55. The predicted molar refractivity (Wildman–Crippen MR) is 108 cm³/mol. The molecular formula is C22H17F4N3O. The Bertz CT molecular complexity index is 1180. The van der Waals surface area contributed by atoms with Crippen LogP contribution in [-0.4, -0.2) is 11.7 Å². The van der Waals surface area contributed by atoms with Crippen LogP contribution in [0.1, 0.15) is 16.8 Å². The molecular weight excluding hydrogens is 398 g/mol. The topological polar surface area (TPSA) is 39.3 Å². The Balaban J connectivity index is 1.89. The summed E-state index contributed by atoms with van der Waals surface area (Å²) in [5.41, 5.74) is 2.06. The number of H-pyrrole nitrogens is 1. The van der Waals surface area contributed by atoms with E-state index in [9.17, 15) is 22.4 Å². The summed E-state index contributed by atoms with van der Waals surface area (Å²) >= 11 is 0. The van der Waals surface area contributed by atoms with Crippen LogP contribution in [0.3, 0.4) is 0 Å². The summed E-state index contributed by atoms with van der Waals surface area (Å²) in [7, 11) is 0. The first-order valence-electron chi connectivity index (χ1n) is 9.06. The third-order valence-corrected chi connectivity index (χ3v) is 5.05. The van der Waals surface area contributed by atoms with Crippen LogP contribution in [0.4, 0.5) is 34.6 Å². The van der Waals surface area contributed by atoms with Crippen molar-refractivity contribution in [1.29, 1.82) is 0 Å². The molecule has 0 amide bonds. The van der Waals surface area contributed by atoms with Crippen LogP contribution in [0, 0.1) is 12.7 Å². The standard InChI is InChI=1S/C22H17F4N3O/c1-13-19(9-10-21(30)27-13)28-12-29(17-6-4-16(23)5-7-17)20-11-15(22(24,25)26)3-8-18(20)14(28)2/h3-11H,2,12H2,1H3,(H,27,30). The highest BCUT2D eigenvalue weighted by molar-refractivity contribution is 5.91. The molecule has 3 aromatic rings. The number of rotatable bonds is 2. The third kappa shape index (κ3) is 3.45. The summed E-state index contributed by atoms with van der Waals surface area (Å²) in [5, 5.41) is 0. The van der Waals surface area contributed by atoms with Crippen molar-refractivity contribution in [1.82, 2.24) is 4.98 Å². The minimum absolute atomic E-state index is 0.131. The second-order valence-electron chi connectivity index (χ2n) is 6.98. The molecule has 8 heteroatoms. The maximum absolute atomic E-state index is 13.4. The highest BCUT2D eigenvalue weighted by atomic mass is 19.4. The molecule has 0 aliphatic carbocycles. The van der Waals surface area contributed by atoms with Gasteiger partial charge in [-0.05, 0) is 49.4 Å². The Morgan fingerprint density at radius 3 is 2.30 bits per heavy atom. The van der Waals surface area contributed by atoms with Gasteiger partial charge in [0.15, 0.2) is 0 Å². The lowest BCUT2D eigenvalue weighted by molar-refractivity contribution is -0.137. The molecule has 154 valence electrons. The van der Waals surface area contributed by atoms with Crippen LogP contribution in [0.25, 0.3) is 5.70 Å². The number of benzene rings is 2. The lowest BCUT2D eigenvalue weighted by atomic mass is 10.0. The number of fused-ring (bicyclic) bond motifs is 1. The van der Waals surface area contributed by atoms with E-state index < -0.39 is 17.6 Å². The fourth-order valence-electron chi connectivity index (χ4n) is 3.55. The van der Waals surface area contributed by atoms with Crippen LogP contribution in [-0.2, 0) is 6.18 Å². The van der Waals surface area contributed by atoms with Gasteiger partial charge in [-0.1, -0.05) is 12.6 Å². The molecule has 0 unspecified atom stereocenters. The molecule has 4 rings (SSSR count). The average Bonchev–Trinajstić information content (AvgIpc) is 2.69. The molecule has 2 heterocycles. The van der Waals surface area contributed by atoms with Gasteiger partial charge in [-0.3, -0.25) is 4.79 Å². The molecule has 0 spiro atoms. The molecule has 1 aliphatic rings. The normalized spacial score (nSPS) is 14.1. The van der Waals surface area contributed by atoms with Gasteiger partial charge in [-0.25, -0.2) is 4.39 Å². The van der Waals surface area contributed by atoms with Crippen molar-refractivity contribution in [3.05, 3.63) is 94.2 Å². The van der Waals surface area contributed by atoms with Crippen LogP contribution < -0.4 is 15.4 Å². The lowest BCUT2D eigenvalue weighted by Crippen LogP contribution is -2.39. The number of nitrogens with zero attached hydrogens (tertiary/aromatic N) is 2. The summed E-state index contributed by atoms with van der Waals surface area (Å²) in [6.45, 7) is 5.94. The number of aryl methyl sites for hydroxylation is 1. The van der Waals surface area contributed by atoms with Crippen LogP contribution in [0.2, 0.25) is 0 Å². The van der Waals surface area contributed by atoms with Crippen LogP contribution in [0.15, 0.2) is 66.0 Å². The Labute approximate surface area is 169 Å². The van der Waals surface area contributed by atoms with Gasteiger partial charge in [0.2, 0.25) is 5.56 Å². The Hall–Kier alpha value is -3.55. The molecule has 1 aliphatic heterocycles. The molecule has 1 aromatic heterocycles. The van der Waals surface area contributed by atoms with Crippen molar-refractivity contribution >= 4 is 22.8 Å². The number of aromatic amines is 1. The fraction of sp³-hybridized carbons (Fsp3) is 0.136. The zero-order chi connectivity index (χ0) is 21.6. The first-order valence-corrected chi connectivity index (χ1v) is 9.06. The minimum atomic E-state index is -4.50. The Kier molecular flexibility index (Phi) is 4.64.